The van der Waals surface area contributed by atoms with Crippen molar-refractivity contribution in [2.75, 3.05) is 0 Å². The first-order valence-electron chi connectivity index (χ1n) is 5.97. The van der Waals surface area contributed by atoms with Crippen LogP contribution in [0.2, 0.25) is 0 Å². The van der Waals surface area contributed by atoms with Crippen molar-refractivity contribution in [3.63, 3.8) is 0 Å². The second-order valence-electron chi connectivity index (χ2n) is 3.79. The van der Waals surface area contributed by atoms with Crippen LogP contribution in [-0.4, -0.2) is 24.9 Å². The first kappa shape index (κ1) is 16.3. The minimum absolute atomic E-state index is 0.140. The predicted molar refractivity (Wildman–Crippen MR) is 61.2 cm³/mol. The molecule has 0 aromatic carbocycles. The SMILES string of the molecule is O=COC(=O)CCCCCCCCC(=O)OC=O. The van der Waals surface area contributed by atoms with Gasteiger partial charge in [-0.1, -0.05) is 25.7 Å². The fourth-order valence-corrected chi connectivity index (χ4v) is 1.47. The molecule has 0 rings (SSSR count). The fraction of sp³-hybridized carbons (Fsp3) is 0.667. The van der Waals surface area contributed by atoms with Gasteiger partial charge in [0.2, 0.25) is 0 Å². The number of carbonyl (C=O) groups excluding carboxylic acids is 4. The van der Waals surface area contributed by atoms with Gasteiger partial charge in [-0.2, -0.15) is 0 Å². The van der Waals surface area contributed by atoms with E-state index in [1.807, 2.05) is 0 Å². The highest BCUT2D eigenvalue weighted by molar-refractivity contribution is 5.76. The molecule has 0 aromatic rings. The average molecular weight is 258 g/mol. The number of ether oxygens (including phenoxy) is 2. The van der Waals surface area contributed by atoms with E-state index in [-0.39, 0.29) is 25.8 Å². The topological polar surface area (TPSA) is 86.7 Å². The first-order chi connectivity index (χ1) is 8.70. The predicted octanol–water partition coefficient (Wildman–Crippen LogP) is 1.51. The summed E-state index contributed by atoms with van der Waals surface area (Å²) >= 11 is 0. The minimum Gasteiger partial charge on any atom is -0.395 e. The van der Waals surface area contributed by atoms with Gasteiger partial charge < -0.3 is 9.47 Å². The summed E-state index contributed by atoms with van der Waals surface area (Å²) in [7, 11) is 0. The van der Waals surface area contributed by atoms with Crippen LogP contribution in [0.1, 0.15) is 51.4 Å². The molecule has 102 valence electrons. The molecule has 0 fully saturated rings. The summed E-state index contributed by atoms with van der Waals surface area (Å²) in [4.78, 5) is 41.2. The zero-order valence-corrected chi connectivity index (χ0v) is 10.3. The lowest BCUT2D eigenvalue weighted by Gasteiger charge is -2.00. The summed E-state index contributed by atoms with van der Waals surface area (Å²) < 4.78 is 8.27. The molecular formula is C12H18O6. The lowest BCUT2D eigenvalue weighted by Crippen LogP contribution is -2.02. The third-order valence-electron chi connectivity index (χ3n) is 2.37. The van der Waals surface area contributed by atoms with Crippen LogP contribution in [-0.2, 0) is 28.7 Å². The van der Waals surface area contributed by atoms with Crippen LogP contribution in [0.25, 0.3) is 0 Å². The molecule has 0 atom stereocenters. The van der Waals surface area contributed by atoms with Gasteiger partial charge in [0.1, 0.15) is 0 Å². The molecule has 0 saturated heterocycles. The van der Waals surface area contributed by atoms with Crippen LogP contribution in [0.15, 0.2) is 0 Å². The number of carbonyl (C=O) groups is 4. The Labute approximate surface area is 106 Å². The average Bonchev–Trinajstić information content (AvgIpc) is 2.33. The summed E-state index contributed by atoms with van der Waals surface area (Å²) in [6.45, 7) is 0.279. The van der Waals surface area contributed by atoms with E-state index in [1.165, 1.54) is 0 Å². The second-order valence-corrected chi connectivity index (χ2v) is 3.79. The largest absolute Gasteiger partial charge is 0.395 e. The van der Waals surface area contributed by atoms with Crippen LogP contribution < -0.4 is 0 Å². The second kappa shape index (κ2) is 11.8. The van der Waals surface area contributed by atoms with E-state index in [0.717, 1.165) is 25.7 Å². The van der Waals surface area contributed by atoms with Crippen molar-refractivity contribution in [2.45, 2.75) is 51.4 Å². The molecule has 0 aliphatic rings. The summed E-state index contributed by atoms with van der Waals surface area (Å²) in [6, 6.07) is 0. The van der Waals surface area contributed by atoms with E-state index >= 15 is 0 Å². The Hall–Kier alpha value is -1.72. The number of unbranched alkanes of at least 4 members (excludes halogenated alkanes) is 5. The van der Waals surface area contributed by atoms with Crippen LogP contribution in [0.5, 0.6) is 0 Å². The molecule has 0 aromatic heterocycles. The maximum Gasteiger partial charge on any atom is 0.313 e. The molecule has 6 heteroatoms. The molecular weight excluding hydrogens is 240 g/mol. The number of hydrogen-bond acceptors (Lipinski definition) is 6. The normalized spacial score (nSPS) is 9.56. The van der Waals surface area contributed by atoms with Gasteiger partial charge in [0.25, 0.3) is 0 Å². The van der Waals surface area contributed by atoms with Gasteiger partial charge in [-0.25, -0.2) is 0 Å². The summed E-state index contributed by atoms with van der Waals surface area (Å²) in [5.41, 5.74) is 0. The van der Waals surface area contributed by atoms with Crippen LogP contribution in [0.4, 0.5) is 0 Å². The van der Waals surface area contributed by atoms with Crippen molar-refractivity contribution in [2.24, 2.45) is 0 Å². The highest BCUT2D eigenvalue weighted by atomic mass is 16.6. The van der Waals surface area contributed by atoms with E-state index < -0.39 is 11.9 Å². The standard InChI is InChI=1S/C12H18O6/c13-9-17-11(15)7-5-3-1-2-4-6-8-12(16)18-10-14/h9-10H,1-8H2. The van der Waals surface area contributed by atoms with Crippen molar-refractivity contribution in [1.82, 2.24) is 0 Å². The molecule has 0 aliphatic carbocycles. The third-order valence-corrected chi connectivity index (χ3v) is 2.37. The molecule has 0 unspecified atom stereocenters. The van der Waals surface area contributed by atoms with E-state index in [4.69, 9.17) is 0 Å². The van der Waals surface area contributed by atoms with E-state index in [9.17, 15) is 19.2 Å². The van der Waals surface area contributed by atoms with E-state index in [2.05, 4.69) is 9.47 Å². The highest BCUT2D eigenvalue weighted by Crippen LogP contribution is 2.09. The molecule has 0 aliphatic heterocycles. The van der Waals surface area contributed by atoms with Crippen LogP contribution >= 0.6 is 0 Å². The maximum atomic E-state index is 10.8. The molecule has 18 heavy (non-hydrogen) atoms. The van der Waals surface area contributed by atoms with Crippen molar-refractivity contribution in [1.29, 1.82) is 0 Å². The molecule has 0 heterocycles. The number of rotatable bonds is 11. The van der Waals surface area contributed by atoms with E-state index in [1.54, 1.807) is 0 Å². The zero-order valence-electron chi connectivity index (χ0n) is 10.3. The zero-order chi connectivity index (χ0) is 13.6. The smallest absolute Gasteiger partial charge is 0.313 e. The molecule has 0 spiro atoms. The molecule has 0 N–H and O–H groups in total. The summed E-state index contributed by atoms with van der Waals surface area (Å²) in [6.07, 6.45) is 5.57. The van der Waals surface area contributed by atoms with Gasteiger partial charge in [-0.15, -0.1) is 0 Å². The molecule has 0 bridgehead atoms. The van der Waals surface area contributed by atoms with Crippen molar-refractivity contribution in [3.8, 4) is 0 Å². The Morgan fingerprint density at radius 2 is 1.00 bits per heavy atom. The van der Waals surface area contributed by atoms with Crippen molar-refractivity contribution >= 4 is 24.9 Å². The van der Waals surface area contributed by atoms with Gasteiger partial charge >= 0.3 is 24.9 Å². The van der Waals surface area contributed by atoms with Gasteiger partial charge in [0.05, 0.1) is 0 Å². The Bertz CT molecular complexity index is 246. The Balaban J connectivity index is 3.21. The van der Waals surface area contributed by atoms with Gasteiger partial charge in [0.15, 0.2) is 0 Å². The lowest BCUT2D eigenvalue weighted by molar-refractivity contribution is -0.153. The third kappa shape index (κ3) is 10.8. The quantitative estimate of drug-likeness (QED) is 0.241. The molecule has 0 saturated carbocycles. The summed E-state index contributed by atoms with van der Waals surface area (Å²) in [5.74, 6) is -0.997. The molecule has 6 nitrogen and oxygen atoms in total. The maximum absolute atomic E-state index is 10.8. The van der Waals surface area contributed by atoms with E-state index in [0.29, 0.717) is 12.8 Å². The molecule has 0 amide bonds. The molecule has 0 radical (unpaired) electrons. The monoisotopic (exact) mass is 258 g/mol. The Morgan fingerprint density at radius 1 is 0.667 bits per heavy atom. The first-order valence-corrected chi connectivity index (χ1v) is 5.97. The van der Waals surface area contributed by atoms with Crippen molar-refractivity contribution < 1.29 is 28.7 Å². The highest BCUT2D eigenvalue weighted by Gasteiger charge is 2.02. The van der Waals surface area contributed by atoms with Crippen LogP contribution in [0.3, 0.4) is 0 Å². The van der Waals surface area contributed by atoms with Crippen molar-refractivity contribution in [3.05, 3.63) is 0 Å². The lowest BCUT2D eigenvalue weighted by atomic mass is 10.1. The van der Waals surface area contributed by atoms with Crippen LogP contribution in [0, 0.1) is 0 Å². The summed E-state index contributed by atoms with van der Waals surface area (Å²) in [5, 5.41) is 0. The van der Waals surface area contributed by atoms with Gasteiger partial charge in [-0.3, -0.25) is 19.2 Å². The number of esters is 2. The Morgan fingerprint density at radius 3 is 1.33 bits per heavy atom. The Kier molecular flexibility index (Phi) is 10.6. The fourth-order valence-electron chi connectivity index (χ4n) is 1.47. The van der Waals surface area contributed by atoms with Gasteiger partial charge in [0, 0.05) is 12.8 Å². The van der Waals surface area contributed by atoms with Gasteiger partial charge in [-0.05, 0) is 12.8 Å². The minimum atomic E-state index is -0.499. The number of hydrogen-bond donors (Lipinski definition) is 0.